The Morgan fingerprint density at radius 1 is 1.23 bits per heavy atom. The Bertz CT molecular complexity index is 1090. The maximum Gasteiger partial charge on any atom is 0.573 e. The van der Waals surface area contributed by atoms with E-state index in [9.17, 15) is 22.4 Å². The van der Waals surface area contributed by atoms with Crippen LogP contribution in [0.1, 0.15) is 26.4 Å². The van der Waals surface area contributed by atoms with Crippen molar-refractivity contribution in [3.63, 3.8) is 0 Å². The molecule has 0 fully saturated rings. The van der Waals surface area contributed by atoms with Crippen LogP contribution in [0.4, 0.5) is 23.2 Å². The van der Waals surface area contributed by atoms with Crippen molar-refractivity contribution < 1.29 is 27.1 Å². The number of rotatable bonds is 5. The van der Waals surface area contributed by atoms with Crippen molar-refractivity contribution in [1.29, 1.82) is 0 Å². The third-order valence-corrected chi connectivity index (χ3v) is 5.67. The Kier molecular flexibility index (Phi) is 5.88. The zero-order valence-electron chi connectivity index (χ0n) is 15.9. The van der Waals surface area contributed by atoms with Crippen LogP contribution >= 0.6 is 11.3 Å². The predicted molar refractivity (Wildman–Crippen MR) is 105 cm³/mol. The van der Waals surface area contributed by atoms with Gasteiger partial charge in [0.25, 0.3) is 5.91 Å². The van der Waals surface area contributed by atoms with Crippen molar-refractivity contribution in [2.75, 3.05) is 11.9 Å². The highest BCUT2D eigenvalue weighted by Crippen LogP contribution is 2.31. The van der Waals surface area contributed by atoms with E-state index in [1.54, 1.807) is 17.8 Å². The number of carbonyl (C=O) groups excluding carboxylic acids is 1. The van der Waals surface area contributed by atoms with E-state index in [-0.39, 0.29) is 5.69 Å². The lowest BCUT2D eigenvalue weighted by molar-refractivity contribution is -0.274. The number of amides is 1. The maximum absolute atomic E-state index is 13.7. The van der Waals surface area contributed by atoms with Crippen molar-refractivity contribution in [2.45, 2.75) is 25.9 Å². The van der Waals surface area contributed by atoms with E-state index in [2.05, 4.69) is 24.9 Å². The molecular weight excluding hydrogens is 436 g/mol. The zero-order chi connectivity index (χ0) is 22.0. The number of carbonyl (C=O) groups is 1. The first kappa shape index (κ1) is 21.2. The van der Waals surface area contributed by atoms with E-state index in [0.717, 1.165) is 34.7 Å². The Hall–Kier alpha value is -3.05. The highest BCUT2D eigenvalue weighted by molar-refractivity contribution is 7.10. The number of alkyl halides is 3. The molecule has 3 heterocycles. The zero-order valence-corrected chi connectivity index (χ0v) is 16.8. The van der Waals surface area contributed by atoms with Gasteiger partial charge in [-0.15, -0.1) is 24.5 Å². The van der Waals surface area contributed by atoms with Gasteiger partial charge in [0.2, 0.25) is 0 Å². The van der Waals surface area contributed by atoms with Crippen molar-refractivity contribution in [1.82, 2.24) is 14.9 Å². The van der Waals surface area contributed by atoms with Crippen LogP contribution in [0.3, 0.4) is 0 Å². The molecule has 0 radical (unpaired) electrons. The second kappa shape index (κ2) is 8.60. The molecule has 1 N–H and O–H groups in total. The second-order valence-electron chi connectivity index (χ2n) is 6.94. The Balaban J connectivity index is 1.46. The molecule has 1 amide bonds. The number of ether oxygens (including phenoxy) is 1. The first-order valence-electron chi connectivity index (χ1n) is 9.20. The molecule has 31 heavy (non-hydrogen) atoms. The minimum absolute atomic E-state index is 0.120. The molecule has 0 saturated heterocycles. The number of benzene rings is 1. The normalized spacial score (nSPS) is 14.2. The Morgan fingerprint density at radius 2 is 2.00 bits per heavy atom. The minimum atomic E-state index is -4.96. The van der Waals surface area contributed by atoms with Crippen LogP contribution in [0.25, 0.3) is 0 Å². The summed E-state index contributed by atoms with van der Waals surface area (Å²) < 4.78 is 54.6. The number of anilines is 1. The predicted octanol–water partition coefficient (Wildman–Crippen LogP) is 4.39. The van der Waals surface area contributed by atoms with Crippen LogP contribution in [-0.4, -0.2) is 33.7 Å². The summed E-state index contributed by atoms with van der Waals surface area (Å²) in [5.74, 6) is -2.20. The largest absolute Gasteiger partial charge is 0.573 e. The molecule has 0 spiro atoms. The monoisotopic (exact) mass is 452 g/mol. The number of thiophene rings is 1. The van der Waals surface area contributed by atoms with Gasteiger partial charge in [-0.05, 0) is 18.1 Å². The van der Waals surface area contributed by atoms with Gasteiger partial charge in [0.05, 0.1) is 5.56 Å². The molecule has 4 rings (SSSR count). The molecular formula is C20H16F4N4O2S. The molecule has 1 aromatic carbocycles. The summed E-state index contributed by atoms with van der Waals surface area (Å²) in [4.78, 5) is 24.0. The van der Waals surface area contributed by atoms with Gasteiger partial charge in [-0.25, -0.2) is 14.4 Å². The molecule has 1 aliphatic rings. The molecule has 2 aromatic heterocycles. The molecule has 0 aliphatic carbocycles. The van der Waals surface area contributed by atoms with E-state index < -0.39 is 23.8 Å². The maximum atomic E-state index is 13.7. The third kappa shape index (κ3) is 5.36. The Labute approximate surface area is 178 Å². The van der Waals surface area contributed by atoms with Crippen LogP contribution in [0.15, 0.2) is 42.3 Å². The first-order valence-corrected chi connectivity index (χ1v) is 10.1. The fourth-order valence-electron chi connectivity index (χ4n) is 3.40. The van der Waals surface area contributed by atoms with Gasteiger partial charge in [0.15, 0.2) is 0 Å². The number of fused-ring (bicyclic) bond motifs is 1. The molecule has 0 unspecified atom stereocenters. The van der Waals surface area contributed by atoms with Crippen molar-refractivity contribution in [3.05, 3.63) is 69.7 Å². The molecule has 3 aromatic rings. The smallest absolute Gasteiger partial charge is 0.406 e. The van der Waals surface area contributed by atoms with E-state index in [0.29, 0.717) is 31.1 Å². The van der Waals surface area contributed by atoms with Gasteiger partial charge in [0.1, 0.15) is 17.9 Å². The molecule has 0 atom stereocenters. The quantitative estimate of drug-likeness (QED) is 0.582. The highest BCUT2D eigenvalue weighted by Gasteiger charge is 2.31. The topological polar surface area (TPSA) is 67.3 Å². The van der Waals surface area contributed by atoms with Crippen LogP contribution in [-0.2, 0) is 19.5 Å². The molecule has 0 bridgehead atoms. The summed E-state index contributed by atoms with van der Waals surface area (Å²) >= 11 is 1.44. The lowest BCUT2D eigenvalue weighted by Crippen LogP contribution is -2.30. The second-order valence-corrected chi connectivity index (χ2v) is 7.90. The van der Waals surface area contributed by atoms with Gasteiger partial charge in [-0.1, -0.05) is 0 Å². The molecule has 6 nitrogen and oxygen atoms in total. The van der Waals surface area contributed by atoms with Crippen molar-refractivity contribution in [3.8, 4) is 5.75 Å². The van der Waals surface area contributed by atoms with Crippen LogP contribution in [0, 0.1) is 5.82 Å². The first-order chi connectivity index (χ1) is 14.8. The summed E-state index contributed by atoms with van der Waals surface area (Å²) in [6, 6.07) is 2.46. The summed E-state index contributed by atoms with van der Waals surface area (Å²) in [6.45, 7) is 2.07. The standard InChI is InChI=1S/C20H16F4N4O2S/c21-13-3-14(5-15(4-13)30-20(22,23)24)27-19(29)17-10-31-18-9-28(2-1-16(17)18)8-12-6-25-11-26-7-12/h3-7,10-11H,1-2,8-9H2,(H,27,29). The number of nitrogens with zero attached hydrogens (tertiary/aromatic N) is 3. The average molecular weight is 452 g/mol. The number of nitrogens with one attached hydrogen (secondary N) is 1. The molecule has 1 aliphatic heterocycles. The lowest BCUT2D eigenvalue weighted by Gasteiger charge is -2.27. The van der Waals surface area contributed by atoms with E-state index in [1.807, 2.05) is 0 Å². The van der Waals surface area contributed by atoms with Gasteiger partial charge in [-0.2, -0.15) is 0 Å². The Morgan fingerprint density at radius 3 is 2.74 bits per heavy atom. The summed E-state index contributed by atoms with van der Waals surface area (Å²) in [5.41, 5.74) is 2.20. The summed E-state index contributed by atoms with van der Waals surface area (Å²) in [6.07, 6.45) is 0.663. The summed E-state index contributed by atoms with van der Waals surface area (Å²) in [7, 11) is 0. The fourth-order valence-corrected chi connectivity index (χ4v) is 4.52. The van der Waals surface area contributed by atoms with E-state index >= 15 is 0 Å². The average Bonchev–Trinajstić information content (AvgIpc) is 3.10. The van der Waals surface area contributed by atoms with Gasteiger partial charge in [-0.3, -0.25) is 9.69 Å². The van der Waals surface area contributed by atoms with Gasteiger partial charge >= 0.3 is 6.36 Å². The summed E-state index contributed by atoms with van der Waals surface area (Å²) in [5, 5.41) is 4.17. The highest BCUT2D eigenvalue weighted by atomic mass is 32.1. The number of hydrogen-bond acceptors (Lipinski definition) is 6. The van der Waals surface area contributed by atoms with Gasteiger partial charge < -0.3 is 10.1 Å². The van der Waals surface area contributed by atoms with Gasteiger partial charge in [0, 0.05) is 65.7 Å². The van der Waals surface area contributed by atoms with E-state index in [1.165, 1.54) is 17.7 Å². The third-order valence-electron chi connectivity index (χ3n) is 4.65. The van der Waals surface area contributed by atoms with Crippen LogP contribution in [0.2, 0.25) is 0 Å². The van der Waals surface area contributed by atoms with Crippen LogP contribution < -0.4 is 10.1 Å². The molecule has 0 saturated carbocycles. The fraction of sp³-hybridized carbons (Fsp3) is 0.250. The molecule has 11 heteroatoms. The van der Waals surface area contributed by atoms with Crippen LogP contribution in [0.5, 0.6) is 5.75 Å². The number of hydrogen-bond donors (Lipinski definition) is 1. The van der Waals surface area contributed by atoms with Crippen molar-refractivity contribution >= 4 is 22.9 Å². The molecule has 162 valence electrons. The number of halogens is 4. The van der Waals surface area contributed by atoms with E-state index in [4.69, 9.17) is 0 Å². The minimum Gasteiger partial charge on any atom is -0.406 e. The SMILES string of the molecule is O=C(Nc1cc(F)cc(OC(F)(F)F)c1)c1csc2c1CCN(Cc1cncnc1)C2. The lowest BCUT2D eigenvalue weighted by atomic mass is 10.0. The number of aromatic nitrogens is 2. The van der Waals surface area contributed by atoms with Crippen molar-refractivity contribution in [2.24, 2.45) is 0 Å².